The number of hydrogen-bond acceptors (Lipinski definition) is 8. The van der Waals surface area contributed by atoms with Crippen LogP contribution in [0.5, 0.6) is 0 Å². The average Bonchev–Trinajstić information content (AvgIpc) is 3.12. The Balaban J connectivity index is 0.000000295. The molecule has 2 aliphatic heterocycles. The topological polar surface area (TPSA) is 101 Å². The third kappa shape index (κ3) is 10.7. The summed E-state index contributed by atoms with van der Waals surface area (Å²) in [5, 5.41) is 39.4. The maximum atomic E-state index is 13.1. The first-order chi connectivity index (χ1) is 24.9. The van der Waals surface area contributed by atoms with Crippen LogP contribution in [0.3, 0.4) is 0 Å². The van der Waals surface area contributed by atoms with Crippen molar-refractivity contribution in [1.82, 2.24) is 19.4 Å². The maximum absolute atomic E-state index is 13.1. The van der Waals surface area contributed by atoms with Gasteiger partial charge in [-0.15, -0.1) is 0 Å². The molecule has 0 spiro atoms. The van der Waals surface area contributed by atoms with Crippen LogP contribution in [0, 0.1) is 22.7 Å². The zero-order valence-corrected chi connectivity index (χ0v) is 30.2. The van der Waals surface area contributed by atoms with Crippen molar-refractivity contribution < 1.29 is 36.4 Å². The molecule has 3 aromatic rings. The Kier molecular flexibility index (Phi) is 15.4. The van der Waals surface area contributed by atoms with Crippen LogP contribution in [-0.2, 0) is 24.3 Å². The average molecular weight is 756 g/mol. The summed E-state index contributed by atoms with van der Waals surface area (Å²) in [5.41, 5.74) is -0.536. The van der Waals surface area contributed by atoms with Gasteiger partial charge in [0.2, 0.25) is 0 Å². The van der Waals surface area contributed by atoms with Crippen LogP contribution in [0.25, 0.3) is 0 Å². The van der Waals surface area contributed by atoms with E-state index in [1.54, 1.807) is 13.6 Å². The standard InChI is InChI=1S/C22H25BF3N3O.C15H19BF3N3O.CH4/c1-17-15-28(23(2)30)12-13-29(17)21(16-27,14-18-6-4-3-5-7-18)19-8-10-20(11-9-19)22(24,25)26;1-11-10-21(16(2)23)7-8-22(11)14(9-20)12-3-5-13(6-4-12)15(17,18)19;/h3-11,17,30H,12-15H2,1-2H3;3-6,11,14,23H,7-8,10H2,1-2H3;1H4/t17-,21?;11-,14?;/m00./s1. The minimum atomic E-state index is -4.43. The molecular formula is C38H48B2F6N6O2. The van der Waals surface area contributed by atoms with E-state index < -0.39 is 49.2 Å². The number of nitrogens with zero attached hydrogens (tertiary/aromatic N) is 6. The highest BCUT2D eigenvalue weighted by atomic mass is 19.4. The smallest absolute Gasteiger partial charge is 0.416 e. The van der Waals surface area contributed by atoms with Gasteiger partial charge in [0, 0.05) is 57.8 Å². The molecule has 8 nitrogen and oxygen atoms in total. The molecule has 290 valence electrons. The monoisotopic (exact) mass is 756 g/mol. The molecule has 2 saturated heterocycles. The summed E-state index contributed by atoms with van der Waals surface area (Å²) in [4.78, 5) is 7.85. The van der Waals surface area contributed by atoms with E-state index >= 15 is 0 Å². The minimum Gasteiger partial charge on any atom is -0.437 e. The summed E-state index contributed by atoms with van der Waals surface area (Å²) in [6.45, 7) is 10.8. The lowest BCUT2D eigenvalue weighted by Gasteiger charge is -2.48. The maximum Gasteiger partial charge on any atom is 0.416 e. The summed E-state index contributed by atoms with van der Waals surface area (Å²) >= 11 is 0. The Hall–Kier alpha value is -3.89. The van der Waals surface area contributed by atoms with Crippen LogP contribution < -0.4 is 0 Å². The Bertz CT molecular complexity index is 1700. The van der Waals surface area contributed by atoms with E-state index in [0.29, 0.717) is 56.8 Å². The largest absolute Gasteiger partial charge is 0.437 e. The zero-order valence-electron chi connectivity index (χ0n) is 30.2. The number of alkyl halides is 6. The molecule has 0 amide bonds. The first-order valence-corrected chi connectivity index (χ1v) is 17.5. The van der Waals surface area contributed by atoms with E-state index in [1.807, 2.05) is 58.7 Å². The van der Waals surface area contributed by atoms with Crippen molar-refractivity contribution in [3.05, 3.63) is 107 Å². The summed E-state index contributed by atoms with van der Waals surface area (Å²) < 4.78 is 77.1. The molecule has 16 heteroatoms. The summed E-state index contributed by atoms with van der Waals surface area (Å²) in [6.07, 6.45) is -8.45. The molecular weight excluding hydrogens is 708 g/mol. The second-order valence-electron chi connectivity index (χ2n) is 13.7. The van der Waals surface area contributed by atoms with Crippen LogP contribution in [0.2, 0.25) is 13.6 Å². The molecule has 2 heterocycles. The number of nitriles is 2. The van der Waals surface area contributed by atoms with Crippen molar-refractivity contribution in [3.63, 3.8) is 0 Å². The van der Waals surface area contributed by atoms with Crippen molar-refractivity contribution in [3.8, 4) is 12.1 Å². The van der Waals surface area contributed by atoms with Gasteiger partial charge < -0.3 is 19.7 Å². The molecule has 4 atom stereocenters. The lowest BCUT2D eigenvalue weighted by atomic mass is 9.79. The van der Waals surface area contributed by atoms with Crippen molar-refractivity contribution >= 4 is 14.1 Å². The molecule has 0 aromatic heterocycles. The lowest BCUT2D eigenvalue weighted by molar-refractivity contribution is -0.138. The van der Waals surface area contributed by atoms with Crippen LogP contribution in [0.4, 0.5) is 26.3 Å². The van der Waals surface area contributed by atoms with Gasteiger partial charge >= 0.3 is 26.5 Å². The third-order valence-corrected chi connectivity index (χ3v) is 10.1. The van der Waals surface area contributed by atoms with Gasteiger partial charge in [-0.2, -0.15) is 36.9 Å². The predicted molar refractivity (Wildman–Crippen MR) is 199 cm³/mol. The Morgan fingerprint density at radius 1 is 0.704 bits per heavy atom. The highest BCUT2D eigenvalue weighted by Crippen LogP contribution is 2.38. The molecule has 2 N–H and O–H groups in total. The van der Waals surface area contributed by atoms with Gasteiger partial charge in [-0.05, 0) is 68.4 Å². The fourth-order valence-electron chi connectivity index (χ4n) is 7.17. The number of benzene rings is 3. The van der Waals surface area contributed by atoms with Crippen LogP contribution in [0.1, 0.15) is 55.1 Å². The highest BCUT2D eigenvalue weighted by Gasteiger charge is 2.45. The third-order valence-electron chi connectivity index (χ3n) is 10.1. The second-order valence-corrected chi connectivity index (χ2v) is 13.7. The first kappa shape index (κ1) is 44.5. The molecule has 0 saturated carbocycles. The van der Waals surface area contributed by atoms with E-state index in [9.17, 15) is 46.9 Å². The molecule has 0 radical (unpaired) electrons. The van der Waals surface area contributed by atoms with Crippen molar-refractivity contribution in [1.29, 1.82) is 10.5 Å². The summed E-state index contributed by atoms with van der Waals surface area (Å²) in [7, 11) is -1.14. The fourth-order valence-corrected chi connectivity index (χ4v) is 7.17. The lowest BCUT2D eigenvalue weighted by Crippen LogP contribution is -2.62. The Morgan fingerprint density at radius 2 is 1.17 bits per heavy atom. The first-order valence-electron chi connectivity index (χ1n) is 17.5. The van der Waals surface area contributed by atoms with Gasteiger partial charge in [-0.25, -0.2) is 0 Å². The predicted octanol–water partition coefficient (Wildman–Crippen LogP) is 6.81. The normalized spacial score (nSPS) is 20.6. The van der Waals surface area contributed by atoms with Gasteiger partial charge in [0.05, 0.1) is 23.3 Å². The molecule has 0 aliphatic carbocycles. The molecule has 3 aromatic carbocycles. The van der Waals surface area contributed by atoms with E-state index in [2.05, 4.69) is 17.0 Å². The highest BCUT2D eigenvalue weighted by molar-refractivity contribution is 6.45. The second kappa shape index (κ2) is 18.6. The molecule has 2 aliphatic rings. The van der Waals surface area contributed by atoms with E-state index in [0.717, 1.165) is 29.8 Å². The number of piperazine rings is 2. The van der Waals surface area contributed by atoms with E-state index in [-0.39, 0.29) is 19.5 Å². The number of hydrogen-bond donors (Lipinski definition) is 2. The van der Waals surface area contributed by atoms with Crippen molar-refractivity contribution in [2.24, 2.45) is 0 Å². The van der Waals surface area contributed by atoms with Gasteiger partial charge in [0.25, 0.3) is 0 Å². The van der Waals surface area contributed by atoms with Gasteiger partial charge in [-0.1, -0.05) is 62.0 Å². The molecule has 54 heavy (non-hydrogen) atoms. The van der Waals surface area contributed by atoms with Gasteiger partial charge in [0.15, 0.2) is 0 Å². The van der Waals surface area contributed by atoms with Crippen LogP contribution >= 0.6 is 0 Å². The van der Waals surface area contributed by atoms with E-state index in [1.165, 1.54) is 24.3 Å². The Morgan fingerprint density at radius 3 is 1.59 bits per heavy atom. The number of rotatable bonds is 8. The quantitative estimate of drug-likeness (QED) is 0.191. The Labute approximate surface area is 315 Å². The summed E-state index contributed by atoms with van der Waals surface area (Å²) in [6, 6.07) is 23.2. The zero-order chi connectivity index (χ0) is 39.1. The SMILES string of the molecule is C.CB(O)N1CCN(C(C#N)(Cc2ccccc2)c2ccc(C(F)(F)F)cc2)[C@@H](C)C1.CB(O)N1CCN(C(C#N)c2ccc(C(F)(F)F)cc2)[C@@H](C)C1. The fraction of sp³-hybridized carbons (Fsp3) is 0.474. The number of halogens is 6. The molecule has 0 bridgehead atoms. The van der Waals surface area contributed by atoms with Gasteiger partial charge in [-0.3, -0.25) is 9.80 Å². The summed E-state index contributed by atoms with van der Waals surface area (Å²) in [5.74, 6) is 0. The molecule has 2 unspecified atom stereocenters. The van der Waals surface area contributed by atoms with E-state index in [4.69, 9.17) is 0 Å². The van der Waals surface area contributed by atoms with Crippen molar-refractivity contribution in [2.75, 3.05) is 39.3 Å². The minimum absolute atomic E-state index is 0. The van der Waals surface area contributed by atoms with Crippen LogP contribution in [0.15, 0.2) is 78.9 Å². The van der Waals surface area contributed by atoms with Crippen LogP contribution in [-0.4, -0.2) is 94.9 Å². The molecule has 5 rings (SSSR count). The van der Waals surface area contributed by atoms with Crippen molar-refractivity contribution in [2.45, 2.75) is 77.4 Å². The van der Waals surface area contributed by atoms with Gasteiger partial charge in [0.1, 0.15) is 11.6 Å². The molecule has 2 fully saturated rings.